The topological polar surface area (TPSA) is 95.9 Å². The minimum atomic E-state index is -1.16. The van der Waals surface area contributed by atoms with Crippen molar-refractivity contribution < 1.29 is 24.2 Å². The third kappa shape index (κ3) is 4.71. The van der Waals surface area contributed by atoms with Crippen molar-refractivity contribution in [1.29, 1.82) is 0 Å². The molecule has 2 amide bonds. The van der Waals surface area contributed by atoms with Gasteiger partial charge >= 0.3 is 12.2 Å². The molecule has 20 heavy (non-hydrogen) atoms. The SMILES string of the molecule is C[C@H]1C(=O)CC[C@H](NC(=O)OC(C)(C)C)CN1C(=O)O. The highest BCUT2D eigenvalue weighted by Crippen LogP contribution is 2.15. The van der Waals surface area contributed by atoms with Crippen LogP contribution >= 0.6 is 0 Å². The van der Waals surface area contributed by atoms with Gasteiger partial charge < -0.3 is 15.2 Å². The summed E-state index contributed by atoms with van der Waals surface area (Å²) in [6, 6.07) is -1.10. The quantitative estimate of drug-likeness (QED) is 0.763. The standard InChI is InChI=1S/C13H22N2O5/c1-8-10(16)6-5-9(7-15(8)12(18)19)14-11(17)20-13(2,3)4/h8-9H,5-7H2,1-4H3,(H,14,17)(H,18,19)/t8-,9-/m0/s1. The van der Waals surface area contributed by atoms with E-state index in [-0.39, 0.29) is 18.7 Å². The van der Waals surface area contributed by atoms with Crippen molar-refractivity contribution in [3.05, 3.63) is 0 Å². The lowest BCUT2D eigenvalue weighted by Crippen LogP contribution is -2.48. The fourth-order valence-corrected chi connectivity index (χ4v) is 2.02. The van der Waals surface area contributed by atoms with Gasteiger partial charge in [0.2, 0.25) is 0 Å². The zero-order valence-corrected chi connectivity index (χ0v) is 12.3. The molecule has 0 bridgehead atoms. The monoisotopic (exact) mass is 286 g/mol. The van der Waals surface area contributed by atoms with Gasteiger partial charge in [0.1, 0.15) is 5.60 Å². The van der Waals surface area contributed by atoms with E-state index in [0.29, 0.717) is 6.42 Å². The van der Waals surface area contributed by atoms with E-state index in [1.807, 2.05) is 0 Å². The minimum absolute atomic E-state index is 0.0848. The van der Waals surface area contributed by atoms with Crippen LogP contribution in [0.15, 0.2) is 0 Å². The van der Waals surface area contributed by atoms with E-state index >= 15 is 0 Å². The van der Waals surface area contributed by atoms with Crippen LogP contribution < -0.4 is 5.32 Å². The summed E-state index contributed by atoms with van der Waals surface area (Å²) in [5.41, 5.74) is -0.621. The molecule has 0 aromatic rings. The van der Waals surface area contributed by atoms with E-state index in [1.54, 1.807) is 27.7 Å². The number of rotatable bonds is 1. The Hall–Kier alpha value is -1.79. The van der Waals surface area contributed by atoms with Gasteiger partial charge in [-0.3, -0.25) is 9.69 Å². The minimum Gasteiger partial charge on any atom is -0.465 e. The molecular weight excluding hydrogens is 264 g/mol. The van der Waals surface area contributed by atoms with Crippen molar-refractivity contribution in [3.63, 3.8) is 0 Å². The third-order valence-corrected chi connectivity index (χ3v) is 3.06. The Balaban J connectivity index is 2.69. The Labute approximate surface area is 118 Å². The number of amides is 2. The number of carbonyl (C=O) groups is 3. The van der Waals surface area contributed by atoms with Gasteiger partial charge in [0, 0.05) is 13.0 Å². The lowest BCUT2D eigenvalue weighted by molar-refractivity contribution is -0.122. The van der Waals surface area contributed by atoms with Gasteiger partial charge in [-0.2, -0.15) is 0 Å². The van der Waals surface area contributed by atoms with Crippen molar-refractivity contribution in [1.82, 2.24) is 10.2 Å². The second-order valence-corrected chi connectivity index (χ2v) is 5.96. The van der Waals surface area contributed by atoms with E-state index in [4.69, 9.17) is 9.84 Å². The number of alkyl carbamates (subject to hydrolysis) is 1. The first-order chi connectivity index (χ1) is 9.10. The molecule has 1 fully saturated rings. The number of hydrogen-bond donors (Lipinski definition) is 2. The average molecular weight is 286 g/mol. The Morgan fingerprint density at radius 2 is 2.00 bits per heavy atom. The van der Waals surface area contributed by atoms with Crippen molar-refractivity contribution in [2.45, 2.75) is 58.2 Å². The Kier molecular flexibility index (Phi) is 4.97. The number of ether oxygens (including phenoxy) is 1. The van der Waals surface area contributed by atoms with Crippen molar-refractivity contribution >= 4 is 18.0 Å². The lowest BCUT2D eigenvalue weighted by atomic mass is 10.1. The molecule has 114 valence electrons. The maximum absolute atomic E-state index is 11.7. The van der Waals surface area contributed by atoms with E-state index < -0.39 is 29.9 Å². The zero-order chi connectivity index (χ0) is 15.5. The smallest absolute Gasteiger partial charge is 0.407 e. The molecule has 1 rings (SSSR count). The molecule has 1 aliphatic rings. The number of ketones is 1. The molecule has 0 radical (unpaired) electrons. The number of carboxylic acid groups (broad SMARTS) is 1. The van der Waals surface area contributed by atoms with Gasteiger partial charge in [-0.25, -0.2) is 9.59 Å². The van der Waals surface area contributed by atoms with Crippen LogP contribution in [-0.2, 0) is 9.53 Å². The molecular formula is C13H22N2O5. The van der Waals surface area contributed by atoms with Gasteiger partial charge in [0.25, 0.3) is 0 Å². The Morgan fingerprint density at radius 3 is 2.50 bits per heavy atom. The number of hydrogen-bond acceptors (Lipinski definition) is 4. The highest BCUT2D eigenvalue weighted by Gasteiger charge is 2.32. The van der Waals surface area contributed by atoms with Crippen molar-refractivity contribution in [2.75, 3.05) is 6.54 Å². The molecule has 0 aromatic carbocycles. The molecule has 0 aromatic heterocycles. The summed E-state index contributed by atoms with van der Waals surface area (Å²) < 4.78 is 5.13. The van der Waals surface area contributed by atoms with Crippen LogP contribution in [0.1, 0.15) is 40.5 Å². The molecule has 0 unspecified atom stereocenters. The molecule has 2 N–H and O–H groups in total. The maximum atomic E-state index is 11.7. The number of carbonyl (C=O) groups excluding carboxylic acids is 2. The van der Waals surface area contributed by atoms with Crippen LogP contribution in [-0.4, -0.2) is 52.2 Å². The summed E-state index contributed by atoms with van der Waals surface area (Å²) in [4.78, 5) is 35.6. The molecule has 1 aliphatic heterocycles. The number of nitrogens with one attached hydrogen (secondary N) is 1. The summed E-state index contributed by atoms with van der Waals surface area (Å²) in [6.45, 7) is 6.88. The van der Waals surface area contributed by atoms with Gasteiger partial charge in [0.15, 0.2) is 5.78 Å². The molecule has 1 saturated heterocycles. The summed E-state index contributed by atoms with van der Waals surface area (Å²) in [6.07, 6.45) is -1.11. The summed E-state index contributed by atoms with van der Waals surface area (Å²) in [5, 5.41) is 11.7. The number of Topliss-reactive ketones (excluding diaryl/α,β-unsaturated/α-hetero) is 1. The zero-order valence-electron chi connectivity index (χ0n) is 12.3. The third-order valence-electron chi connectivity index (χ3n) is 3.06. The normalized spacial score (nSPS) is 24.0. The van der Waals surface area contributed by atoms with E-state index in [1.165, 1.54) is 0 Å². The van der Waals surface area contributed by atoms with Gasteiger partial charge in [0.05, 0.1) is 12.1 Å². The first kappa shape index (κ1) is 16.3. The molecule has 1 heterocycles. The highest BCUT2D eigenvalue weighted by molar-refractivity contribution is 5.87. The van der Waals surface area contributed by atoms with Gasteiger partial charge in [-0.15, -0.1) is 0 Å². The summed E-state index contributed by atoms with van der Waals surface area (Å²) >= 11 is 0. The molecule has 0 saturated carbocycles. The van der Waals surface area contributed by atoms with E-state index in [9.17, 15) is 14.4 Å². The van der Waals surface area contributed by atoms with E-state index in [2.05, 4.69) is 5.32 Å². The summed E-state index contributed by atoms with van der Waals surface area (Å²) in [7, 11) is 0. The maximum Gasteiger partial charge on any atom is 0.407 e. The average Bonchev–Trinajstić information content (AvgIpc) is 2.39. The highest BCUT2D eigenvalue weighted by atomic mass is 16.6. The first-order valence-corrected chi connectivity index (χ1v) is 6.62. The molecule has 7 nitrogen and oxygen atoms in total. The Bertz CT molecular complexity index is 402. The lowest BCUT2D eigenvalue weighted by Gasteiger charge is -2.27. The fourth-order valence-electron chi connectivity index (χ4n) is 2.02. The van der Waals surface area contributed by atoms with E-state index in [0.717, 1.165) is 4.90 Å². The van der Waals surface area contributed by atoms with Crippen molar-refractivity contribution in [2.24, 2.45) is 0 Å². The first-order valence-electron chi connectivity index (χ1n) is 6.62. The van der Waals surface area contributed by atoms with Crippen LogP contribution in [0.4, 0.5) is 9.59 Å². The largest absolute Gasteiger partial charge is 0.465 e. The molecule has 0 spiro atoms. The van der Waals surface area contributed by atoms with Crippen LogP contribution in [0.25, 0.3) is 0 Å². The molecule has 2 atom stereocenters. The van der Waals surface area contributed by atoms with Gasteiger partial charge in [-0.05, 0) is 34.1 Å². The van der Waals surface area contributed by atoms with Crippen LogP contribution in [0, 0.1) is 0 Å². The van der Waals surface area contributed by atoms with Crippen LogP contribution in [0.5, 0.6) is 0 Å². The number of nitrogens with zero attached hydrogens (tertiary/aromatic N) is 1. The van der Waals surface area contributed by atoms with Crippen LogP contribution in [0.3, 0.4) is 0 Å². The van der Waals surface area contributed by atoms with Gasteiger partial charge in [-0.1, -0.05) is 0 Å². The second kappa shape index (κ2) is 6.11. The molecule has 7 heteroatoms. The van der Waals surface area contributed by atoms with Crippen molar-refractivity contribution in [3.8, 4) is 0 Å². The van der Waals surface area contributed by atoms with Crippen LogP contribution in [0.2, 0.25) is 0 Å². The fraction of sp³-hybridized carbons (Fsp3) is 0.769. The number of likely N-dealkylation sites (tertiary alicyclic amines) is 1. The predicted octanol–water partition coefficient (Wildman–Crippen LogP) is 1.61. The summed E-state index contributed by atoms with van der Waals surface area (Å²) in [5.74, 6) is -0.138. The Morgan fingerprint density at radius 1 is 1.40 bits per heavy atom. The molecule has 0 aliphatic carbocycles. The second-order valence-electron chi connectivity index (χ2n) is 5.96. The predicted molar refractivity (Wildman–Crippen MR) is 71.6 cm³/mol.